The number of aromatic carboxylic acids is 1. The summed E-state index contributed by atoms with van der Waals surface area (Å²) in [6.07, 6.45) is 1.85. The molecule has 0 unspecified atom stereocenters. The number of hydrogen-bond acceptors (Lipinski definition) is 3. The van der Waals surface area contributed by atoms with E-state index in [0.717, 1.165) is 5.56 Å². The van der Waals surface area contributed by atoms with Gasteiger partial charge in [0.25, 0.3) is 0 Å². The molecule has 0 saturated heterocycles. The van der Waals surface area contributed by atoms with Crippen LogP contribution in [0.25, 0.3) is 0 Å². The van der Waals surface area contributed by atoms with E-state index >= 15 is 0 Å². The number of carboxylic acids is 1. The highest BCUT2D eigenvalue weighted by Gasteiger charge is 2.17. The van der Waals surface area contributed by atoms with Gasteiger partial charge in [-0.3, -0.25) is 0 Å². The molecule has 0 radical (unpaired) electrons. The Hall–Kier alpha value is -1.94. The van der Waals surface area contributed by atoms with Crippen LogP contribution in [0.4, 0.5) is 0 Å². The van der Waals surface area contributed by atoms with E-state index in [2.05, 4.69) is 13.8 Å². The van der Waals surface area contributed by atoms with Crippen molar-refractivity contribution in [1.82, 2.24) is 0 Å². The first-order valence-corrected chi connectivity index (χ1v) is 7.93. The van der Waals surface area contributed by atoms with Crippen molar-refractivity contribution in [2.45, 2.75) is 24.7 Å². The summed E-state index contributed by atoms with van der Waals surface area (Å²) in [5.41, 5.74) is 1.37. The third-order valence-corrected chi connectivity index (χ3v) is 3.95. The van der Waals surface area contributed by atoms with Crippen molar-refractivity contribution >= 4 is 17.7 Å². The van der Waals surface area contributed by atoms with E-state index in [9.17, 15) is 9.90 Å². The summed E-state index contributed by atoms with van der Waals surface area (Å²) in [6, 6.07) is 13.0. The van der Waals surface area contributed by atoms with E-state index in [4.69, 9.17) is 4.74 Å². The Balaban J connectivity index is 2.40. The van der Waals surface area contributed by atoms with Crippen LogP contribution in [0.1, 0.15) is 35.7 Å². The topological polar surface area (TPSA) is 46.5 Å². The molecule has 0 aliphatic rings. The number of carbonyl (C=O) groups is 1. The summed E-state index contributed by atoms with van der Waals surface area (Å²) in [6.45, 7) is 4.21. The Bertz CT molecular complexity index is 650. The number of carboxylic acid groups (broad SMARTS) is 1. The lowest BCUT2D eigenvalue weighted by molar-refractivity contribution is 0.0690. The first-order chi connectivity index (χ1) is 10.0. The second-order valence-corrected chi connectivity index (χ2v) is 5.82. The average Bonchev–Trinajstić information content (AvgIpc) is 2.46. The molecule has 0 saturated carbocycles. The predicted octanol–water partition coefficient (Wildman–Crippen LogP) is 5.02. The molecule has 0 bridgehead atoms. The zero-order valence-corrected chi connectivity index (χ0v) is 13.1. The summed E-state index contributed by atoms with van der Waals surface area (Å²) in [7, 11) is 0. The number of rotatable bonds is 5. The first-order valence-electron chi connectivity index (χ1n) is 6.71. The molecule has 2 aromatic carbocycles. The van der Waals surface area contributed by atoms with Gasteiger partial charge in [0.15, 0.2) is 0 Å². The Labute approximate surface area is 129 Å². The molecule has 0 atom stereocenters. The molecule has 21 heavy (non-hydrogen) atoms. The maximum atomic E-state index is 11.5. The van der Waals surface area contributed by atoms with Crippen molar-refractivity contribution in [1.29, 1.82) is 0 Å². The molecular formula is C17H18O3S. The Morgan fingerprint density at radius 3 is 2.52 bits per heavy atom. The van der Waals surface area contributed by atoms with Gasteiger partial charge in [0.05, 0.1) is 0 Å². The zero-order chi connectivity index (χ0) is 15.4. The quantitative estimate of drug-likeness (QED) is 0.787. The Kier molecular flexibility index (Phi) is 4.91. The summed E-state index contributed by atoms with van der Waals surface area (Å²) in [5.74, 6) is 0.442. The van der Waals surface area contributed by atoms with Crippen LogP contribution in [0.2, 0.25) is 0 Å². The molecule has 0 amide bonds. The van der Waals surface area contributed by atoms with E-state index in [1.165, 1.54) is 11.8 Å². The fourth-order valence-corrected chi connectivity index (χ4v) is 2.65. The number of benzene rings is 2. The number of ether oxygens (including phenoxy) is 1. The van der Waals surface area contributed by atoms with Gasteiger partial charge in [-0.05, 0) is 42.0 Å². The Morgan fingerprint density at radius 2 is 1.90 bits per heavy atom. The van der Waals surface area contributed by atoms with Crippen LogP contribution in [0.3, 0.4) is 0 Å². The van der Waals surface area contributed by atoms with Crippen LogP contribution in [-0.4, -0.2) is 17.3 Å². The molecule has 2 rings (SSSR count). The van der Waals surface area contributed by atoms with Crippen molar-refractivity contribution in [3.8, 4) is 11.5 Å². The van der Waals surface area contributed by atoms with E-state index in [1.807, 2.05) is 30.5 Å². The molecule has 0 aliphatic heterocycles. The summed E-state index contributed by atoms with van der Waals surface area (Å²) >= 11 is 1.40. The molecular weight excluding hydrogens is 284 g/mol. The van der Waals surface area contributed by atoms with Crippen molar-refractivity contribution in [2.24, 2.45) is 0 Å². The smallest absolute Gasteiger partial charge is 0.340 e. The molecule has 2 aromatic rings. The zero-order valence-electron chi connectivity index (χ0n) is 12.3. The van der Waals surface area contributed by atoms with Gasteiger partial charge in [-0.15, -0.1) is 11.8 Å². The SMILES string of the molecule is CSc1cccc(Oc2cccc(C(C)C)c2)c1C(=O)O. The maximum absolute atomic E-state index is 11.5. The van der Waals surface area contributed by atoms with Gasteiger partial charge in [-0.2, -0.15) is 0 Å². The molecule has 0 fully saturated rings. The minimum absolute atomic E-state index is 0.208. The highest BCUT2D eigenvalue weighted by Crippen LogP contribution is 2.33. The summed E-state index contributed by atoms with van der Waals surface area (Å²) in [4.78, 5) is 12.2. The lowest BCUT2D eigenvalue weighted by atomic mass is 10.0. The number of thioether (sulfide) groups is 1. The van der Waals surface area contributed by atoms with Crippen LogP contribution >= 0.6 is 11.8 Å². The second kappa shape index (κ2) is 6.68. The average molecular weight is 302 g/mol. The first kappa shape index (κ1) is 15.4. The van der Waals surface area contributed by atoms with Gasteiger partial charge >= 0.3 is 5.97 Å². The third-order valence-electron chi connectivity index (χ3n) is 3.17. The van der Waals surface area contributed by atoms with Gasteiger partial charge in [0.1, 0.15) is 17.1 Å². The molecule has 0 aliphatic carbocycles. The van der Waals surface area contributed by atoms with Gasteiger partial charge in [-0.25, -0.2) is 4.79 Å². The highest BCUT2D eigenvalue weighted by molar-refractivity contribution is 7.98. The standard InChI is InChI=1S/C17H18O3S/c1-11(2)12-6-4-7-13(10-12)20-14-8-5-9-15(21-3)16(14)17(18)19/h4-11H,1-3H3,(H,18,19). The monoisotopic (exact) mass is 302 g/mol. The maximum Gasteiger partial charge on any atom is 0.340 e. The molecule has 0 heterocycles. The van der Waals surface area contributed by atoms with Crippen LogP contribution in [0, 0.1) is 0 Å². The van der Waals surface area contributed by atoms with Crippen molar-refractivity contribution in [3.63, 3.8) is 0 Å². The largest absolute Gasteiger partial charge is 0.478 e. The third kappa shape index (κ3) is 3.58. The molecule has 0 aromatic heterocycles. The molecule has 1 N–H and O–H groups in total. The van der Waals surface area contributed by atoms with Crippen molar-refractivity contribution in [2.75, 3.05) is 6.26 Å². The predicted molar refractivity (Wildman–Crippen MR) is 85.8 cm³/mol. The lowest BCUT2D eigenvalue weighted by Crippen LogP contribution is -2.02. The van der Waals surface area contributed by atoms with Crippen LogP contribution in [0.15, 0.2) is 47.4 Å². The number of hydrogen-bond donors (Lipinski definition) is 1. The normalized spacial score (nSPS) is 10.7. The van der Waals surface area contributed by atoms with Crippen molar-refractivity contribution in [3.05, 3.63) is 53.6 Å². The second-order valence-electron chi connectivity index (χ2n) is 4.97. The fourth-order valence-electron chi connectivity index (χ4n) is 2.04. The molecule has 110 valence electrons. The van der Waals surface area contributed by atoms with E-state index in [1.54, 1.807) is 18.2 Å². The van der Waals surface area contributed by atoms with E-state index in [-0.39, 0.29) is 5.56 Å². The summed E-state index contributed by atoms with van der Waals surface area (Å²) < 4.78 is 5.81. The lowest BCUT2D eigenvalue weighted by Gasteiger charge is -2.13. The highest BCUT2D eigenvalue weighted by atomic mass is 32.2. The molecule has 4 heteroatoms. The van der Waals surface area contributed by atoms with Crippen molar-refractivity contribution < 1.29 is 14.6 Å². The fraction of sp³-hybridized carbons (Fsp3) is 0.235. The van der Waals surface area contributed by atoms with Crippen LogP contribution < -0.4 is 4.74 Å². The van der Waals surface area contributed by atoms with Gasteiger partial charge in [0, 0.05) is 4.90 Å². The van der Waals surface area contributed by atoms with Crippen LogP contribution in [-0.2, 0) is 0 Å². The van der Waals surface area contributed by atoms with Gasteiger partial charge < -0.3 is 9.84 Å². The van der Waals surface area contributed by atoms with Crippen LogP contribution in [0.5, 0.6) is 11.5 Å². The van der Waals surface area contributed by atoms with E-state index < -0.39 is 5.97 Å². The molecule has 3 nitrogen and oxygen atoms in total. The Morgan fingerprint density at radius 1 is 1.19 bits per heavy atom. The molecule has 0 spiro atoms. The van der Waals surface area contributed by atoms with Gasteiger partial charge in [0.2, 0.25) is 0 Å². The minimum atomic E-state index is -0.977. The van der Waals surface area contributed by atoms with E-state index in [0.29, 0.717) is 22.3 Å². The van der Waals surface area contributed by atoms with Gasteiger partial charge in [-0.1, -0.05) is 32.0 Å². The summed E-state index contributed by atoms with van der Waals surface area (Å²) in [5, 5.41) is 9.41. The minimum Gasteiger partial charge on any atom is -0.478 e.